The molecule has 1 fully saturated rings. The van der Waals surface area contributed by atoms with Gasteiger partial charge >= 0.3 is 30.1 Å². The predicted octanol–water partition coefficient (Wildman–Crippen LogP) is 1.35. The molecule has 26 heavy (non-hydrogen) atoms. The van der Waals surface area contributed by atoms with Crippen LogP contribution < -0.4 is 0 Å². The molecular formula is C14H17F3O8S. The second-order valence-corrected chi connectivity index (χ2v) is 6.55. The topological polar surface area (TPSA) is 105 Å². The summed E-state index contributed by atoms with van der Waals surface area (Å²) < 4.78 is 60.5. The summed E-state index contributed by atoms with van der Waals surface area (Å²) in [5.41, 5.74) is 0. The molecule has 0 aromatic heterocycles. The van der Waals surface area contributed by atoms with Gasteiger partial charge < -0.3 is 18.9 Å². The molecule has 0 N–H and O–H groups in total. The standard InChI is InChI=1S/C14H17F3O8S/c1-6(18)22-10-5-26-13(14(15,16)17,25-9(4)21)12(24-8(3)20)11(10)23-7(2)19/h10-12H,5H2,1-4H3/t10-,11-,12+,13-/m0/s1. The van der Waals surface area contributed by atoms with Crippen LogP contribution in [0.2, 0.25) is 0 Å². The summed E-state index contributed by atoms with van der Waals surface area (Å²) in [7, 11) is 0. The summed E-state index contributed by atoms with van der Waals surface area (Å²) in [6.07, 6.45) is -10.7. The number of thioether (sulfide) groups is 1. The molecule has 0 amide bonds. The number of rotatable bonds is 4. The Bertz CT molecular complexity index is 593. The molecule has 148 valence electrons. The molecule has 12 heteroatoms. The maximum atomic E-state index is 13.8. The number of carbonyl (C=O) groups excluding carboxylic acids is 4. The maximum absolute atomic E-state index is 13.8. The van der Waals surface area contributed by atoms with E-state index < -0.39 is 59.1 Å². The molecule has 1 heterocycles. The molecule has 0 unspecified atom stereocenters. The van der Waals surface area contributed by atoms with E-state index in [1.807, 2.05) is 0 Å². The molecule has 1 rings (SSSR count). The average molecular weight is 402 g/mol. The van der Waals surface area contributed by atoms with Gasteiger partial charge in [-0.05, 0) is 0 Å². The van der Waals surface area contributed by atoms with Gasteiger partial charge in [-0.15, -0.1) is 0 Å². The van der Waals surface area contributed by atoms with Gasteiger partial charge in [0.15, 0.2) is 12.2 Å². The van der Waals surface area contributed by atoms with Crippen LogP contribution in [0.5, 0.6) is 0 Å². The molecule has 1 aliphatic rings. The van der Waals surface area contributed by atoms with Crippen LogP contribution >= 0.6 is 11.8 Å². The van der Waals surface area contributed by atoms with Crippen molar-refractivity contribution in [3.05, 3.63) is 0 Å². The molecule has 0 aromatic carbocycles. The van der Waals surface area contributed by atoms with E-state index in [0.29, 0.717) is 0 Å². The number of ether oxygens (including phenoxy) is 4. The Kier molecular flexibility index (Phi) is 6.91. The summed E-state index contributed by atoms with van der Waals surface area (Å²) in [5.74, 6) is -4.81. The Morgan fingerprint density at radius 2 is 1.38 bits per heavy atom. The van der Waals surface area contributed by atoms with E-state index in [9.17, 15) is 32.3 Å². The van der Waals surface area contributed by atoms with Crippen LogP contribution in [-0.4, -0.2) is 59.1 Å². The second kappa shape index (κ2) is 8.14. The fraction of sp³-hybridized carbons (Fsp3) is 0.714. The number of carbonyl (C=O) groups is 4. The van der Waals surface area contributed by atoms with Gasteiger partial charge in [-0.2, -0.15) is 13.2 Å². The SMILES string of the molecule is CC(=O)O[C@H]1[C@@H](OC(C)=O)CS[C@](OC(C)=O)(C(F)(F)F)[C@@H]1OC(C)=O. The van der Waals surface area contributed by atoms with Gasteiger partial charge in [0.25, 0.3) is 4.93 Å². The highest BCUT2D eigenvalue weighted by atomic mass is 32.2. The van der Waals surface area contributed by atoms with E-state index in [-0.39, 0.29) is 11.8 Å². The van der Waals surface area contributed by atoms with Gasteiger partial charge in [0.2, 0.25) is 6.10 Å². The number of halogens is 3. The third kappa shape index (κ3) is 5.02. The van der Waals surface area contributed by atoms with Crippen LogP contribution in [0, 0.1) is 0 Å². The van der Waals surface area contributed by atoms with Crippen molar-refractivity contribution >= 4 is 35.6 Å². The molecule has 0 saturated carbocycles. The maximum Gasteiger partial charge on any atom is 0.442 e. The first-order chi connectivity index (χ1) is 11.8. The quantitative estimate of drug-likeness (QED) is 0.509. The molecule has 8 nitrogen and oxygen atoms in total. The lowest BCUT2D eigenvalue weighted by Gasteiger charge is -2.47. The predicted molar refractivity (Wildman–Crippen MR) is 79.7 cm³/mol. The molecule has 0 aliphatic carbocycles. The zero-order valence-electron chi connectivity index (χ0n) is 14.2. The van der Waals surface area contributed by atoms with Crippen molar-refractivity contribution in [2.45, 2.75) is 57.1 Å². The highest BCUT2D eigenvalue weighted by Crippen LogP contribution is 2.51. The first-order valence-corrected chi connectivity index (χ1v) is 8.20. The fourth-order valence-corrected chi connectivity index (χ4v) is 3.72. The molecule has 1 saturated heterocycles. The van der Waals surface area contributed by atoms with Crippen LogP contribution in [-0.2, 0) is 38.1 Å². The Morgan fingerprint density at radius 3 is 1.77 bits per heavy atom. The first-order valence-electron chi connectivity index (χ1n) is 7.22. The lowest BCUT2D eigenvalue weighted by Crippen LogP contribution is -2.67. The van der Waals surface area contributed by atoms with Crippen LogP contribution in [0.1, 0.15) is 27.7 Å². The molecule has 0 bridgehead atoms. The Hall–Kier alpha value is -1.98. The van der Waals surface area contributed by atoms with E-state index in [1.165, 1.54) is 0 Å². The van der Waals surface area contributed by atoms with E-state index >= 15 is 0 Å². The van der Waals surface area contributed by atoms with Crippen LogP contribution in [0.4, 0.5) is 13.2 Å². The number of hydrogen-bond donors (Lipinski definition) is 0. The lowest BCUT2D eigenvalue weighted by molar-refractivity contribution is -0.280. The normalized spacial score (nSPS) is 28.7. The summed E-state index contributed by atoms with van der Waals surface area (Å²) >= 11 is 0.0631. The molecular weight excluding hydrogens is 385 g/mol. The zero-order valence-corrected chi connectivity index (χ0v) is 15.1. The minimum atomic E-state index is -5.19. The summed E-state index contributed by atoms with van der Waals surface area (Å²) in [5, 5.41) is 0. The molecule has 0 spiro atoms. The monoisotopic (exact) mass is 402 g/mol. The molecule has 0 aromatic rings. The van der Waals surface area contributed by atoms with Crippen LogP contribution in [0.3, 0.4) is 0 Å². The number of esters is 4. The summed E-state index contributed by atoms with van der Waals surface area (Å²) in [4.78, 5) is 41.9. The molecule has 0 radical (unpaired) electrons. The zero-order chi connectivity index (χ0) is 20.3. The first kappa shape index (κ1) is 22.1. The van der Waals surface area contributed by atoms with E-state index in [2.05, 4.69) is 4.74 Å². The van der Waals surface area contributed by atoms with E-state index in [4.69, 9.17) is 14.2 Å². The molecule has 4 atom stereocenters. The molecule has 1 aliphatic heterocycles. The summed E-state index contributed by atoms with van der Waals surface area (Å²) in [6, 6.07) is 0. The van der Waals surface area contributed by atoms with Crippen molar-refractivity contribution in [1.82, 2.24) is 0 Å². The lowest BCUT2D eigenvalue weighted by atomic mass is 10.0. The van der Waals surface area contributed by atoms with Gasteiger partial charge in [0.1, 0.15) is 0 Å². The van der Waals surface area contributed by atoms with Gasteiger partial charge in [-0.25, -0.2) is 0 Å². The van der Waals surface area contributed by atoms with Crippen LogP contribution in [0.25, 0.3) is 0 Å². The average Bonchev–Trinajstić information content (AvgIpc) is 2.42. The largest absolute Gasteiger partial charge is 0.458 e. The minimum Gasteiger partial charge on any atom is -0.458 e. The number of alkyl halides is 3. The van der Waals surface area contributed by atoms with Crippen molar-refractivity contribution in [3.8, 4) is 0 Å². The third-order valence-electron chi connectivity index (χ3n) is 3.10. The van der Waals surface area contributed by atoms with Crippen molar-refractivity contribution in [2.75, 3.05) is 5.75 Å². The van der Waals surface area contributed by atoms with E-state index in [0.717, 1.165) is 27.7 Å². The Labute approximate surface area is 150 Å². The van der Waals surface area contributed by atoms with Gasteiger partial charge in [0, 0.05) is 33.4 Å². The minimum absolute atomic E-state index is 0.0631. The van der Waals surface area contributed by atoms with Crippen molar-refractivity contribution < 1.29 is 51.3 Å². The van der Waals surface area contributed by atoms with Crippen LogP contribution in [0.15, 0.2) is 0 Å². The number of hydrogen-bond acceptors (Lipinski definition) is 9. The second-order valence-electron chi connectivity index (χ2n) is 5.32. The fourth-order valence-electron chi connectivity index (χ4n) is 2.36. The van der Waals surface area contributed by atoms with Gasteiger partial charge in [-0.3, -0.25) is 19.2 Å². The van der Waals surface area contributed by atoms with Gasteiger partial charge in [-0.1, -0.05) is 11.8 Å². The summed E-state index contributed by atoms with van der Waals surface area (Å²) in [6.45, 7) is 3.50. The van der Waals surface area contributed by atoms with Crippen molar-refractivity contribution in [1.29, 1.82) is 0 Å². The Morgan fingerprint density at radius 1 is 0.885 bits per heavy atom. The van der Waals surface area contributed by atoms with Crippen molar-refractivity contribution in [2.24, 2.45) is 0 Å². The smallest absolute Gasteiger partial charge is 0.442 e. The highest BCUT2D eigenvalue weighted by Gasteiger charge is 2.71. The van der Waals surface area contributed by atoms with Gasteiger partial charge in [0.05, 0.1) is 0 Å². The Balaban J connectivity index is 3.49. The highest BCUT2D eigenvalue weighted by molar-refractivity contribution is 8.00. The van der Waals surface area contributed by atoms with E-state index in [1.54, 1.807) is 0 Å². The third-order valence-corrected chi connectivity index (χ3v) is 4.58. The van der Waals surface area contributed by atoms with Crippen molar-refractivity contribution in [3.63, 3.8) is 0 Å².